The highest BCUT2D eigenvalue weighted by atomic mass is 35.5. The third-order valence-electron chi connectivity index (χ3n) is 6.91. The Kier molecular flexibility index (Phi) is 15.7. The first-order valence-electron chi connectivity index (χ1n) is 14.9. The van der Waals surface area contributed by atoms with Crippen LogP contribution in [0.5, 0.6) is 0 Å². The third kappa shape index (κ3) is 12.5. The minimum absolute atomic E-state index is 0.00948. The van der Waals surface area contributed by atoms with Gasteiger partial charge in [0.2, 0.25) is 5.91 Å². The van der Waals surface area contributed by atoms with Crippen molar-refractivity contribution in [3.8, 4) is 0 Å². The molecule has 4 amide bonds. The van der Waals surface area contributed by atoms with E-state index in [0.717, 1.165) is 18.4 Å². The van der Waals surface area contributed by atoms with Gasteiger partial charge in [0.25, 0.3) is 11.8 Å². The van der Waals surface area contributed by atoms with Crippen LogP contribution >= 0.6 is 11.6 Å². The number of hydrogen-bond donors (Lipinski definition) is 6. The van der Waals surface area contributed by atoms with Gasteiger partial charge in [-0.15, -0.1) is 0 Å². The molecule has 0 radical (unpaired) electrons. The lowest BCUT2D eigenvalue weighted by molar-refractivity contribution is -0.142. The van der Waals surface area contributed by atoms with Crippen LogP contribution in [-0.4, -0.2) is 77.5 Å². The second-order valence-corrected chi connectivity index (χ2v) is 11.4. The fraction of sp³-hybridized carbons (Fsp3) is 0.500. The van der Waals surface area contributed by atoms with Gasteiger partial charge in [-0.2, -0.15) is 0 Å². The van der Waals surface area contributed by atoms with Crippen LogP contribution in [0.4, 0.5) is 4.79 Å². The average molecular weight is 633 g/mol. The minimum Gasteiger partial charge on any atom is -0.436 e. The summed E-state index contributed by atoms with van der Waals surface area (Å²) in [5.74, 6) is -2.57. The Balaban J connectivity index is 2.11. The molecule has 0 aromatic heterocycles. The second-order valence-electron chi connectivity index (χ2n) is 11.0. The number of ether oxygens (including phenoxy) is 1. The first-order chi connectivity index (χ1) is 20.9. The molecule has 5 atom stereocenters. The first-order valence-corrected chi connectivity index (χ1v) is 15.3. The summed E-state index contributed by atoms with van der Waals surface area (Å²) in [7, 11) is 0. The van der Waals surface area contributed by atoms with E-state index in [0.29, 0.717) is 30.1 Å². The summed E-state index contributed by atoms with van der Waals surface area (Å²) in [5.41, 5.74) is 1.68. The number of aliphatic hydroxyl groups is 2. The number of carbonyl (C=O) groups excluding carboxylic acids is 4. The molecular weight excluding hydrogens is 588 g/mol. The summed E-state index contributed by atoms with van der Waals surface area (Å²) in [5, 5.41) is 32.7. The summed E-state index contributed by atoms with van der Waals surface area (Å²) in [6, 6.07) is 14.0. The summed E-state index contributed by atoms with van der Waals surface area (Å²) >= 11 is 6.00. The fourth-order valence-electron chi connectivity index (χ4n) is 4.28. The first kappa shape index (κ1) is 36.5. The van der Waals surface area contributed by atoms with Crippen LogP contribution in [0.15, 0.2) is 54.6 Å². The van der Waals surface area contributed by atoms with Gasteiger partial charge in [-0.05, 0) is 55.4 Å². The monoisotopic (exact) mass is 632 g/mol. The minimum atomic E-state index is -1.99. The molecule has 2 rings (SSSR count). The molecule has 0 spiro atoms. The zero-order chi connectivity index (χ0) is 32.6. The maximum Gasteiger partial charge on any atom is 0.407 e. The van der Waals surface area contributed by atoms with Crippen LogP contribution in [0.2, 0.25) is 5.02 Å². The van der Waals surface area contributed by atoms with Gasteiger partial charge in [0.05, 0.1) is 6.04 Å². The highest BCUT2D eigenvalue weighted by Gasteiger charge is 2.36. The van der Waals surface area contributed by atoms with E-state index in [1.807, 2.05) is 37.3 Å². The number of carbonyl (C=O) groups is 4. The highest BCUT2D eigenvalue weighted by Crippen LogP contribution is 2.16. The lowest BCUT2D eigenvalue weighted by Gasteiger charge is -2.30. The van der Waals surface area contributed by atoms with Crippen LogP contribution in [-0.2, 0) is 32.0 Å². The Morgan fingerprint density at radius 2 is 1.48 bits per heavy atom. The second kappa shape index (κ2) is 18.9. The van der Waals surface area contributed by atoms with Crippen LogP contribution < -0.4 is 21.3 Å². The van der Waals surface area contributed by atoms with Crippen LogP contribution in [0, 0.1) is 5.92 Å². The number of amides is 4. The molecule has 0 saturated carbocycles. The van der Waals surface area contributed by atoms with Gasteiger partial charge in [-0.1, -0.05) is 81.3 Å². The van der Waals surface area contributed by atoms with E-state index < -0.39 is 60.1 Å². The van der Waals surface area contributed by atoms with Gasteiger partial charge >= 0.3 is 6.09 Å². The quantitative estimate of drug-likeness (QED) is 0.146. The van der Waals surface area contributed by atoms with Gasteiger partial charge in [0, 0.05) is 18.1 Å². The molecule has 5 unspecified atom stereocenters. The van der Waals surface area contributed by atoms with Gasteiger partial charge in [-0.25, -0.2) is 4.79 Å². The molecule has 11 nitrogen and oxygen atoms in total. The molecule has 0 heterocycles. The zero-order valence-electron chi connectivity index (χ0n) is 25.7. The van der Waals surface area contributed by atoms with E-state index in [9.17, 15) is 29.4 Å². The number of hydrogen-bond acceptors (Lipinski definition) is 7. The van der Waals surface area contributed by atoms with Crippen molar-refractivity contribution in [3.63, 3.8) is 0 Å². The standard InChI is InChI=1S/C32H45ClN4O7/c1-5-6-17-34-29(40)21(4)36-30(41)27(39)26(38)25(19-23-12-14-24(33)15-13-23)37-31(42)28(20(2)3)44-32(43)35-18-16-22-10-8-7-9-11-22/h7-15,20-21,25-28,38-39H,5-6,16-19H2,1-4H3,(H,34,40)(H,35,43)(H,36,41)(H,37,42). The van der Waals surface area contributed by atoms with E-state index in [4.69, 9.17) is 16.3 Å². The molecule has 6 N–H and O–H groups in total. The van der Waals surface area contributed by atoms with Crippen molar-refractivity contribution in [1.29, 1.82) is 0 Å². The molecule has 0 aliphatic carbocycles. The van der Waals surface area contributed by atoms with Crippen LogP contribution in [0.1, 0.15) is 51.7 Å². The van der Waals surface area contributed by atoms with Crippen molar-refractivity contribution in [2.45, 2.75) is 83.8 Å². The maximum atomic E-state index is 13.4. The molecule has 0 saturated heterocycles. The van der Waals surface area contributed by atoms with Crippen molar-refractivity contribution in [2.75, 3.05) is 13.1 Å². The summed E-state index contributed by atoms with van der Waals surface area (Å²) in [6.45, 7) is 7.57. The molecule has 2 aromatic rings. The zero-order valence-corrected chi connectivity index (χ0v) is 26.5. The Labute approximate surface area is 264 Å². The van der Waals surface area contributed by atoms with Crippen LogP contribution in [0.25, 0.3) is 0 Å². The van der Waals surface area contributed by atoms with E-state index in [1.54, 1.807) is 38.1 Å². The highest BCUT2D eigenvalue weighted by molar-refractivity contribution is 6.30. The van der Waals surface area contributed by atoms with E-state index in [1.165, 1.54) is 6.92 Å². The number of benzene rings is 2. The molecule has 0 aliphatic rings. The molecule has 0 fully saturated rings. The number of nitrogens with one attached hydrogen (secondary N) is 4. The lowest BCUT2D eigenvalue weighted by atomic mass is 9.96. The third-order valence-corrected chi connectivity index (χ3v) is 7.16. The van der Waals surface area contributed by atoms with Gasteiger partial charge in [0.15, 0.2) is 12.2 Å². The molecule has 0 bridgehead atoms. The van der Waals surface area contributed by atoms with Crippen molar-refractivity contribution >= 4 is 35.4 Å². The smallest absolute Gasteiger partial charge is 0.407 e. The largest absolute Gasteiger partial charge is 0.436 e. The maximum absolute atomic E-state index is 13.4. The predicted molar refractivity (Wildman–Crippen MR) is 168 cm³/mol. The number of unbranched alkanes of at least 4 members (excludes halogenated alkanes) is 1. The van der Waals surface area contributed by atoms with E-state index >= 15 is 0 Å². The van der Waals surface area contributed by atoms with Gasteiger partial charge in [-0.3, -0.25) is 14.4 Å². The lowest BCUT2D eigenvalue weighted by Crippen LogP contribution is -2.58. The Morgan fingerprint density at radius 1 is 0.818 bits per heavy atom. The normalized spacial score (nSPS) is 14.5. The van der Waals surface area contributed by atoms with Crippen molar-refractivity contribution < 1.29 is 34.1 Å². The van der Waals surface area contributed by atoms with Crippen molar-refractivity contribution in [1.82, 2.24) is 21.3 Å². The van der Waals surface area contributed by atoms with Gasteiger partial charge < -0.3 is 36.2 Å². The molecule has 44 heavy (non-hydrogen) atoms. The molecule has 12 heteroatoms. The topological polar surface area (TPSA) is 166 Å². The average Bonchev–Trinajstić information content (AvgIpc) is 3.00. The molecule has 242 valence electrons. The Bertz CT molecular complexity index is 1200. The van der Waals surface area contributed by atoms with E-state index in [2.05, 4.69) is 21.3 Å². The fourth-order valence-corrected chi connectivity index (χ4v) is 4.41. The SMILES string of the molecule is CCCCNC(=O)C(C)NC(=O)C(O)C(O)C(Cc1ccc(Cl)cc1)NC(=O)C(OC(=O)NCCc1ccccc1)C(C)C. The van der Waals surface area contributed by atoms with Crippen molar-refractivity contribution in [3.05, 3.63) is 70.7 Å². The van der Waals surface area contributed by atoms with Crippen LogP contribution in [0.3, 0.4) is 0 Å². The Morgan fingerprint density at radius 3 is 2.09 bits per heavy atom. The number of aliphatic hydroxyl groups excluding tert-OH is 2. The number of halogens is 1. The number of alkyl carbamates (subject to hydrolysis) is 1. The summed E-state index contributed by atoms with van der Waals surface area (Å²) in [4.78, 5) is 51.0. The van der Waals surface area contributed by atoms with E-state index in [-0.39, 0.29) is 6.42 Å². The predicted octanol–water partition coefficient (Wildman–Crippen LogP) is 2.50. The summed E-state index contributed by atoms with van der Waals surface area (Å²) < 4.78 is 5.44. The Hall–Kier alpha value is -3.67. The number of rotatable bonds is 17. The molecular formula is C32H45ClN4O7. The van der Waals surface area contributed by atoms with Gasteiger partial charge in [0.1, 0.15) is 12.1 Å². The molecule has 0 aliphatic heterocycles. The van der Waals surface area contributed by atoms with Crippen molar-refractivity contribution in [2.24, 2.45) is 5.92 Å². The summed E-state index contributed by atoms with van der Waals surface area (Å²) in [6.07, 6.45) is -3.54. The molecule has 2 aromatic carbocycles.